The van der Waals surface area contributed by atoms with Gasteiger partial charge in [0.2, 0.25) is 0 Å². The number of carboxylic acid groups (broad SMARTS) is 1. The molecule has 1 fully saturated rings. The molecule has 25 heavy (non-hydrogen) atoms. The number of carbonyl (C=O) groups is 1. The van der Waals surface area contributed by atoms with Crippen molar-refractivity contribution in [3.05, 3.63) is 29.8 Å². The van der Waals surface area contributed by atoms with E-state index >= 15 is 0 Å². The minimum Gasteiger partial charge on any atom is -0.497 e. The second-order valence-electron chi connectivity index (χ2n) is 6.12. The van der Waals surface area contributed by atoms with Crippen molar-refractivity contribution in [2.75, 3.05) is 32.6 Å². The highest BCUT2D eigenvalue weighted by Crippen LogP contribution is 2.31. The SMILES string of the molecule is COc1ccc(-c2onc(N[C@@H]3C[C@@H](CO)N(C)C3)c2C(=O)O)cc1. The smallest absolute Gasteiger partial charge is 0.343 e. The lowest BCUT2D eigenvalue weighted by atomic mass is 10.1. The monoisotopic (exact) mass is 347 g/mol. The summed E-state index contributed by atoms with van der Waals surface area (Å²) in [6.45, 7) is 0.755. The standard InChI is InChI=1S/C17H21N3O5/c1-20-8-11(7-12(20)9-21)18-16-14(17(22)23)15(25-19-16)10-3-5-13(24-2)6-4-10/h3-6,11-12,21H,7-9H2,1-2H3,(H,18,19)(H,22,23)/t11-,12+/m1/s1. The predicted molar refractivity (Wildman–Crippen MR) is 91.0 cm³/mol. The molecule has 0 aliphatic carbocycles. The molecule has 2 atom stereocenters. The molecule has 8 nitrogen and oxygen atoms in total. The number of likely N-dealkylation sites (tertiary alicyclic amines) is 1. The zero-order valence-electron chi connectivity index (χ0n) is 14.1. The van der Waals surface area contributed by atoms with Crippen LogP contribution in [0.4, 0.5) is 5.82 Å². The van der Waals surface area contributed by atoms with Gasteiger partial charge in [0, 0.05) is 24.2 Å². The van der Waals surface area contributed by atoms with Gasteiger partial charge in [-0.2, -0.15) is 0 Å². The molecule has 2 aromatic rings. The minimum atomic E-state index is -1.11. The molecule has 8 heteroatoms. The molecule has 0 amide bonds. The highest BCUT2D eigenvalue weighted by molar-refractivity contribution is 5.99. The van der Waals surface area contributed by atoms with E-state index in [4.69, 9.17) is 9.26 Å². The number of hydrogen-bond acceptors (Lipinski definition) is 7. The number of aromatic nitrogens is 1. The fourth-order valence-electron chi connectivity index (χ4n) is 3.12. The van der Waals surface area contributed by atoms with Crippen molar-refractivity contribution in [3.8, 4) is 17.1 Å². The summed E-state index contributed by atoms with van der Waals surface area (Å²) in [5, 5.41) is 26.0. The van der Waals surface area contributed by atoms with Gasteiger partial charge in [0.25, 0.3) is 0 Å². The van der Waals surface area contributed by atoms with Crippen molar-refractivity contribution in [2.45, 2.75) is 18.5 Å². The van der Waals surface area contributed by atoms with Gasteiger partial charge < -0.3 is 24.8 Å². The van der Waals surface area contributed by atoms with Crippen LogP contribution in [0.25, 0.3) is 11.3 Å². The summed E-state index contributed by atoms with van der Waals surface area (Å²) in [5.41, 5.74) is 0.607. The Hall–Kier alpha value is -2.58. The maximum atomic E-state index is 11.7. The number of carboxylic acids is 1. The van der Waals surface area contributed by atoms with Crippen molar-refractivity contribution in [3.63, 3.8) is 0 Å². The highest BCUT2D eigenvalue weighted by Gasteiger charge is 2.32. The fourth-order valence-corrected chi connectivity index (χ4v) is 3.12. The van der Waals surface area contributed by atoms with E-state index in [9.17, 15) is 15.0 Å². The first-order valence-electron chi connectivity index (χ1n) is 7.98. The van der Waals surface area contributed by atoms with Crippen LogP contribution in [0.15, 0.2) is 28.8 Å². The van der Waals surface area contributed by atoms with Crippen molar-refractivity contribution in [1.82, 2.24) is 10.1 Å². The Kier molecular flexibility index (Phi) is 4.91. The maximum absolute atomic E-state index is 11.7. The van der Waals surface area contributed by atoms with Crippen molar-refractivity contribution >= 4 is 11.8 Å². The van der Waals surface area contributed by atoms with Gasteiger partial charge in [0.05, 0.1) is 13.7 Å². The molecule has 0 spiro atoms. The van der Waals surface area contributed by atoms with E-state index in [0.29, 0.717) is 24.3 Å². The van der Waals surface area contributed by atoms with Gasteiger partial charge in [-0.05, 0) is 37.7 Å². The van der Waals surface area contributed by atoms with Gasteiger partial charge in [-0.1, -0.05) is 5.16 Å². The number of anilines is 1. The summed E-state index contributed by atoms with van der Waals surface area (Å²) in [6.07, 6.45) is 0.705. The predicted octanol–water partition coefficient (Wildman–Crippen LogP) is 1.53. The molecule has 1 aromatic carbocycles. The van der Waals surface area contributed by atoms with Crippen LogP contribution < -0.4 is 10.1 Å². The van der Waals surface area contributed by atoms with E-state index in [-0.39, 0.29) is 35.8 Å². The molecule has 3 rings (SSSR count). The number of aliphatic hydroxyl groups is 1. The summed E-state index contributed by atoms with van der Waals surface area (Å²) in [7, 11) is 3.48. The number of methoxy groups -OCH3 is 1. The summed E-state index contributed by atoms with van der Waals surface area (Å²) < 4.78 is 10.4. The lowest BCUT2D eigenvalue weighted by molar-refractivity contribution is 0.0698. The number of aromatic carboxylic acids is 1. The van der Waals surface area contributed by atoms with Gasteiger partial charge in [0.1, 0.15) is 5.75 Å². The van der Waals surface area contributed by atoms with E-state index in [0.717, 1.165) is 0 Å². The van der Waals surface area contributed by atoms with Gasteiger partial charge >= 0.3 is 5.97 Å². The van der Waals surface area contributed by atoms with Gasteiger partial charge in [-0.25, -0.2) is 4.79 Å². The average Bonchev–Trinajstić information content (AvgIpc) is 3.18. The van der Waals surface area contributed by atoms with Crippen LogP contribution in [-0.4, -0.2) is 65.6 Å². The molecule has 1 aliphatic rings. The summed E-state index contributed by atoms with van der Waals surface area (Å²) in [6, 6.07) is 6.96. The third-order valence-corrected chi connectivity index (χ3v) is 4.50. The van der Waals surface area contributed by atoms with Gasteiger partial charge in [0.15, 0.2) is 17.1 Å². The molecule has 1 aromatic heterocycles. The normalized spacial score (nSPS) is 20.6. The third kappa shape index (κ3) is 3.45. The Bertz CT molecular complexity index is 743. The number of rotatable bonds is 6. The molecule has 0 radical (unpaired) electrons. The minimum absolute atomic E-state index is 0.000248. The average molecular weight is 347 g/mol. The van der Waals surface area contributed by atoms with E-state index < -0.39 is 5.97 Å². The third-order valence-electron chi connectivity index (χ3n) is 4.50. The lowest BCUT2D eigenvalue weighted by Crippen LogP contribution is -2.28. The van der Waals surface area contributed by atoms with E-state index in [1.165, 1.54) is 0 Å². The molecule has 134 valence electrons. The Labute approximate surface area is 145 Å². The van der Waals surface area contributed by atoms with E-state index in [2.05, 4.69) is 10.5 Å². The molecule has 3 N–H and O–H groups in total. The first kappa shape index (κ1) is 17.2. The second-order valence-corrected chi connectivity index (χ2v) is 6.12. The topological polar surface area (TPSA) is 108 Å². The molecule has 0 bridgehead atoms. The molecule has 1 aliphatic heterocycles. The largest absolute Gasteiger partial charge is 0.497 e. The Morgan fingerprint density at radius 1 is 1.44 bits per heavy atom. The summed E-state index contributed by atoms with van der Waals surface area (Å²) in [5.74, 6) is -0.0415. The van der Waals surface area contributed by atoms with Crippen LogP contribution in [-0.2, 0) is 0 Å². The second kappa shape index (κ2) is 7.12. The highest BCUT2D eigenvalue weighted by atomic mass is 16.5. The molecule has 2 heterocycles. The summed E-state index contributed by atoms with van der Waals surface area (Å²) >= 11 is 0. The molecule has 0 unspecified atom stereocenters. The quantitative estimate of drug-likeness (QED) is 0.722. The van der Waals surface area contributed by atoms with Gasteiger partial charge in [-0.3, -0.25) is 4.90 Å². The number of nitrogens with one attached hydrogen (secondary N) is 1. The number of nitrogens with zero attached hydrogens (tertiary/aromatic N) is 2. The Morgan fingerprint density at radius 3 is 2.72 bits per heavy atom. The number of aliphatic hydroxyl groups excluding tert-OH is 1. The van der Waals surface area contributed by atoms with Crippen LogP contribution in [0.5, 0.6) is 5.75 Å². The molecular formula is C17H21N3O5. The molecular weight excluding hydrogens is 326 g/mol. The maximum Gasteiger partial charge on any atom is 0.343 e. The van der Waals surface area contributed by atoms with E-state index in [1.54, 1.807) is 31.4 Å². The Morgan fingerprint density at radius 2 is 2.16 bits per heavy atom. The summed E-state index contributed by atoms with van der Waals surface area (Å²) in [4.78, 5) is 13.8. The Balaban J connectivity index is 1.86. The molecule has 1 saturated heterocycles. The van der Waals surface area contributed by atoms with Crippen LogP contribution in [0.1, 0.15) is 16.8 Å². The van der Waals surface area contributed by atoms with Crippen LogP contribution in [0.2, 0.25) is 0 Å². The zero-order chi connectivity index (χ0) is 18.0. The van der Waals surface area contributed by atoms with Crippen LogP contribution >= 0.6 is 0 Å². The zero-order valence-corrected chi connectivity index (χ0v) is 14.1. The van der Waals surface area contributed by atoms with Crippen molar-refractivity contribution < 1.29 is 24.3 Å². The van der Waals surface area contributed by atoms with Crippen LogP contribution in [0, 0.1) is 0 Å². The van der Waals surface area contributed by atoms with Crippen molar-refractivity contribution in [1.29, 1.82) is 0 Å². The molecule has 0 saturated carbocycles. The van der Waals surface area contributed by atoms with E-state index in [1.807, 2.05) is 11.9 Å². The first-order valence-corrected chi connectivity index (χ1v) is 7.98. The van der Waals surface area contributed by atoms with Crippen LogP contribution in [0.3, 0.4) is 0 Å². The number of hydrogen-bond donors (Lipinski definition) is 3. The number of ether oxygens (including phenoxy) is 1. The number of likely N-dealkylation sites (N-methyl/N-ethyl adjacent to an activating group) is 1. The first-order chi connectivity index (χ1) is 12.0. The number of benzene rings is 1. The fraction of sp³-hybridized carbons (Fsp3) is 0.412. The van der Waals surface area contributed by atoms with Gasteiger partial charge in [-0.15, -0.1) is 0 Å². The van der Waals surface area contributed by atoms with Crippen molar-refractivity contribution in [2.24, 2.45) is 0 Å². The lowest BCUT2D eigenvalue weighted by Gasteiger charge is -2.15.